The Morgan fingerprint density at radius 3 is 1.14 bits per heavy atom. The third kappa shape index (κ3) is 4.89. The lowest BCUT2D eigenvalue weighted by Crippen LogP contribution is -1.89. The summed E-state index contributed by atoms with van der Waals surface area (Å²) in [5.41, 5.74) is 9.98. The van der Waals surface area contributed by atoms with Gasteiger partial charge in [0, 0.05) is 20.9 Å². The van der Waals surface area contributed by atoms with Crippen LogP contribution in [-0.4, -0.2) is 0 Å². The molecule has 0 spiro atoms. The molecule has 0 unspecified atom stereocenters. The van der Waals surface area contributed by atoms with Gasteiger partial charge in [0.1, 0.15) is 0 Å². The molecule has 0 aliphatic heterocycles. The van der Waals surface area contributed by atoms with Crippen LogP contribution < -0.4 is 0 Å². The van der Waals surface area contributed by atoms with E-state index in [0.29, 0.717) is 0 Å². The standard InChI is InChI=1S/C50H32S/c1-4-16-34(17-5-1)46-47(35-18-6-2-7-19-35)50(51-49(46)36-20-8-3-9-21-36)37-30-28-33(29-31-37)44-32-45-40-24-11-10-22-38(40)39-23-12-14-26-42(39)48(45)43-27-15-13-25-41(43)44/h1-32H. The first-order valence-corrected chi connectivity index (χ1v) is 18.3. The van der Waals surface area contributed by atoms with Gasteiger partial charge in [-0.05, 0) is 82.5 Å². The summed E-state index contributed by atoms with van der Waals surface area (Å²) in [5, 5.41) is 10.4. The molecule has 0 saturated carbocycles. The third-order valence-corrected chi connectivity index (χ3v) is 11.6. The fourth-order valence-electron chi connectivity index (χ4n) is 7.99. The number of rotatable bonds is 5. The minimum atomic E-state index is 1.22. The van der Waals surface area contributed by atoms with Gasteiger partial charge >= 0.3 is 0 Å². The van der Waals surface area contributed by atoms with E-state index in [1.165, 1.54) is 97.4 Å². The Balaban J connectivity index is 1.21. The number of hydrogen-bond donors (Lipinski definition) is 0. The molecule has 0 aliphatic carbocycles. The summed E-state index contributed by atoms with van der Waals surface area (Å²) in [6, 6.07) is 71.0. The maximum atomic E-state index is 2.43. The molecule has 10 aromatic rings. The number of fused-ring (bicyclic) bond motifs is 8. The van der Waals surface area contributed by atoms with Gasteiger partial charge in [-0.2, -0.15) is 0 Å². The molecule has 0 amide bonds. The number of benzene rings is 9. The van der Waals surface area contributed by atoms with Crippen molar-refractivity contribution in [1.29, 1.82) is 0 Å². The Bertz CT molecular complexity index is 2860. The van der Waals surface area contributed by atoms with Gasteiger partial charge in [0.2, 0.25) is 0 Å². The Morgan fingerprint density at radius 1 is 0.255 bits per heavy atom. The number of hydrogen-bond acceptors (Lipinski definition) is 1. The van der Waals surface area contributed by atoms with Crippen LogP contribution in [0.2, 0.25) is 0 Å². The van der Waals surface area contributed by atoms with E-state index in [-0.39, 0.29) is 0 Å². The highest BCUT2D eigenvalue weighted by molar-refractivity contribution is 7.20. The topological polar surface area (TPSA) is 0 Å². The Labute approximate surface area is 301 Å². The van der Waals surface area contributed by atoms with Crippen molar-refractivity contribution >= 4 is 54.4 Å². The summed E-state index contributed by atoms with van der Waals surface area (Å²) in [6.45, 7) is 0. The molecule has 1 heteroatoms. The zero-order valence-corrected chi connectivity index (χ0v) is 28.7. The second kappa shape index (κ2) is 12.2. The first-order chi connectivity index (χ1) is 25.3. The largest absolute Gasteiger partial charge is 0.134 e. The van der Waals surface area contributed by atoms with E-state index in [4.69, 9.17) is 0 Å². The SMILES string of the molecule is c1ccc(-c2sc(-c3ccc(-c4cc5c6ccccc6c6ccccc6c5c5ccccc45)cc3)c(-c3ccccc3)c2-c2ccccc2)cc1. The fraction of sp³-hybridized carbons (Fsp3) is 0. The minimum Gasteiger partial charge on any atom is -0.134 e. The molecule has 0 atom stereocenters. The minimum absolute atomic E-state index is 1.22. The van der Waals surface area contributed by atoms with Crippen LogP contribution in [0.5, 0.6) is 0 Å². The van der Waals surface area contributed by atoms with Crippen molar-refractivity contribution in [1.82, 2.24) is 0 Å². The Hall–Kier alpha value is -6.28. The molecule has 0 radical (unpaired) electrons. The second-order valence-corrected chi connectivity index (χ2v) is 14.2. The monoisotopic (exact) mass is 664 g/mol. The van der Waals surface area contributed by atoms with Crippen molar-refractivity contribution in [2.75, 3.05) is 0 Å². The maximum absolute atomic E-state index is 2.43. The summed E-state index contributed by atoms with van der Waals surface area (Å²) < 4.78 is 0. The van der Waals surface area contributed by atoms with Gasteiger partial charge < -0.3 is 0 Å². The molecule has 0 nitrogen and oxygen atoms in total. The molecule has 1 aromatic heterocycles. The van der Waals surface area contributed by atoms with Gasteiger partial charge in [0.25, 0.3) is 0 Å². The summed E-state index contributed by atoms with van der Waals surface area (Å²) in [4.78, 5) is 2.57. The van der Waals surface area contributed by atoms with Crippen LogP contribution in [0.4, 0.5) is 0 Å². The summed E-state index contributed by atoms with van der Waals surface area (Å²) in [7, 11) is 0. The maximum Gasteiger partial charge on any atom is 0.0434 e. The van der Waals surface area contributed by atoms with Crippen LogP contribution >= 0.6 is 11.3 Å². The highest BCUT2D eigenvalue weighted by Gasteiger charge is 2.23. The lowest BCUT2D eigenvalue weighted by Gasteiger charge is -2.16. The normalized spacial score (nSPS) is 11.5. The molecule has 1 heterocycles. The van der Waals surface area contributed by atoms with Crippen molar-refractivity contribution in [3.05, 3.63) is 194 Å². The summed E-state index contributed by atoms with van der Waals surface area (Å²) in [5.74, 6) is 0. The molecule has 51 heavy (non-hydrogen) atoms. The predicted molar refractivity (Wildman–Crippen MR) is 222 cm³/mol. The molecule has 0 N–H and O–H groups in total. The highest BCUT2D eigenvalue weighted by Crippen LogP contribution is 2.52. The molecule has 238 valence electrons. The Kier molecular flexibility index (Phi) is 7.11. The van der Waals surface area contributed by atoms with Crippen molar-refractivity contribution in [2.45, 2.75) is 0 Å². The van der Waals surface area contributed by atoms with E-state index < -0.39 is 0 Å². The Morgan fingerprint density at radius 2 is 0.608 bits per heavy atom. The van der Waals surface area contributed by atoms with E-state index >= 15 is 0 Å². The van der Waals surface area contributed by atoms with Crippen LogP contribution in [-0.2, 0) is 0 Å². The molecule has 10 rings (SSSR count). The second-order valence-electron chi connectivity index (χ2n) is 13.2. The van der Waals surface area contributed by atoms with Gasteiger partial charge in [-0.3, -0.25) is 0 Å². The average Bonchev–Trinajstić information content (AvgIpc) is 3.62. The number of thiophene rings is 1. The lowest BCUT2D eigenvalue weighted by atomic mass is 9.87. The molecular formula is C50H32S. The quantitative estimate of drug-likeness (QED) is 0.161. The van der Waals surface area contributed by atoms with E-state index in [1.807, 2.05) is 11.3 Å². The van der Waals surface area contributed by atoms with Crippen LogP contribution in [0.15, 0.2) is 194 Å². The predicted octanol–water partition coefficient (Wildman–Crippen LogP) is 14.7. The van der Waals surface area contributed by atoms with Gasteiger partial charge in [-0.15, -0.1) is 11.3 Å². The molecular weight excluding hydrogens is 633 g/mol. The zero-order valence-electron chi connectivity index (χ0n) is 27.9. The lowest BCUT2D eigenvalue weighted by molar-refractivity contribution is 1.61. The molecule has 0 fully saturated rings. The van der Waals surface area contributed by atoms with Crippen LogP contribution in [0.3, 0.4) is 0 Å². The van der Waals surface area contributed by atoms with E-state index in [0.717, 1.165) is 0 Å². The van der Waals surface area contributed by atoms with Crippen LogP contribution in [0.1, 0.15) is 0 Å². The van der Waals surface area contributed by atoms with E-state index in [9.17, 15) is 0 Å². The molecule has 0 bridgehead atoms. The van der Waals surface area contributed by atoms with E-state index in [1.54, 1.807) is 0 Å². The van der Waals surface area contributed by atoms with Crippen molar-refractivity contribution in [3.63, 3.8) is 0 Å². The average molecular weight is 665 g/mol. The van der Waals surface area contributed by atoms with Crippen molar-refractivity contribution < 1.29 is 0 Å². The molecule has 0 saturated heterocycles. The highest BCUT2D eigenvalue weighted by atomic mass is 32.1. The summed E-state index contributed by atoms with van der Waals surface area (Å²) in [6.07, 6.45) is 0. The zero-order chi connectivity index (χ0) is 33.7. The molecule has 9 aromatic carbocycles. The fourth-order valence-corrected chi connectivity index (χ4v) is 9.35. The van der Waals surface area contributed by atoms with Gasteiger partial charge in [0.05, 0.1) is 0 Å². The first-order valence-electron chi connectivity index (χ1n) is 17.5. The van der Waals surface area contributed by atoms with Crippen LogP contribution in [0, 0.1) is 0 Å². The van der Waals surface area contributed by atoms with Gasteiger partial charge in [0.15, 0.2) is 0 Å². The smallest absolute Gasteiger partial charge is 0.0434 e. The van der Waals surface area contributed by atoms with Crippen molar-refractivity contribution in [3.8, 4) is 54.3 Å². The van der Waals surface area contributed by atoms with Gasteiger partial charge in [-0.25, -0.2) is 0 Å². The molecule has 0 aliphatic rings. The first kappa shape index (κ1) is 29.6. The summed E-state index contributed by atoms with van der Waals surface area (Å²) >= 11 is 1.89. The van der Waals surface area contributed by atoms with Crippen LogP contribution in [0.25, 0.3) is 97.4 Å². The van der Waals surface area contributed by atoms with Crippen molar-refractivity contribution in [2.24, 2.45) is 0 Å². The van der Waals surface area contributed by atoms with Gasteiger partial charge in [-0.1, -0.05) is 188 Å². The van der Waals surface area contributed by atoms with E-state index in [2.05, 4.69) is 194 Å². The third-order valence-electron chi connectivity index (χ3n) is 10.3.